The minimum atomic E-state index is -0.131. The number of rotatable bonds is 4. The number of carbonyl (C=O) groups is 1. The molecule has 19 heavy (non-hydrogen) atoms. The van der Waals surface area contributed by atoms with Crippen LogP contribution in [0.1, 0.15) is 42.2 Å². The topological polar surface area (TPSA) is 68.0 Å². The summed E-state index contributed by atoms with van der Waals surface area (Å²) in [5, 5.41) is 2.94. The van der Waals surface area contributed by atoms with Crippen LogP contribution in [0.15, 0.2) is 18.3 Å². The van der Waals surface area contributed by atoms with E-state index in [0.717, 1.165) is 12.5 Å². The van der Waals surface area contributed by atoms with Crippen molar-refractivity contribution in [1.29, 1.82) is 0 Å². The van der Waals surface area contributed by atoms with Gasteiger partial charge in [0.25, 0.3) is 5.91 Å². The second-order valence-electron chi connectivity index (χ2n) is 5.29. The molecule has 1 aromatic heterocycles. The van der Waals surface area contributed by atoms with Gasteiger partial charge in [0.2, 0.25) is 0 Å². The molecular formula is C14H19N3OS. The Balaban J connectivity index is 1.87. The van der Waals surface area contributed by atoms with Gasteiger partial charge in [-0.05, 0) is 36.8 Å². The van der Waals surface area contributed by atoms with Gasteiger partial charge < -0.3 is 11.1 Å². The normalized spacial score (nSPS) is 22.2. The predicted octanol–water partition coefficient (Wildman–Crippen LogP) is 1.88. The molecule has 102 valence electrons. The van der Waals surface area contributed by atoms with Gasteiger partial charge in [0, 0.05) is 18.3 Å². The van der Waals surface area contributed by atoms with E-state index in [9.17, 15) is 4.79 Å². The van der Waals surface area contributed by atoms with Gasteiger partial charge in [0.05, 0.1) is 0 Å². The van der Waals surface area contributed by atoms with Crippen LogP contribution in [0.4, 0.5) is 0 Å². The zero-order chi connectivity index (χ0) is 13.8. The Morgan fingerprint density at radius 3 is 2.84 bits per heavy atom. The molecule has 2 rings (SSSR count). The predicted molar refractivity (Wildman–Crippen MR) is 79.0 cm³/mol. The first kappa shape index (κ1) is 13.9. The molecule has 2 unspecified atom stereocenters. The van der Waals surface area contributed by atoms with Crippen molar-refractivity contribution in [2.24, 2.45) is 17.6 Å². The molecule has 1 amide bonds. The van der Waals surface area contributed by atoms with Crippen molar-refractivity contribution in [3.8, 4) is 0 Å². The Morgan fingerprint density at radius 1 is 1.53 bits per heavy atom. The number of hydrogen-bond acceptors (Lipinski definition) is 3. The van der Waals surface area contributed by atoms with Crippen LogP contribution in [0.2, 0.25) is 0 Å². The van der Waals surface area contributed by atoms with Crippen LogP contribution in [-0.4, -0.2) is 22.4 Å². The highest BCUT2D eigenvalue weighted by atomic mass is 32.1. The molecule has 1 aromatic rings. The summed E-state index contributed by atoms with van der Waals surface area (Å²) in [4.78, 5) is 16.3. The lowest BCUT2D eigenvalue weighted by atomic mass is 10.1. The fraction of sp³-hybridized carbons (Fsp3) is 0.500. The minimum Gasteiger partial charge on any atom is -0.389 e. The highest BCUT2D eigenvalue weighted by Crippen LogP contribution is 2.29. The van der Waals surface area contributed by atoms with E-state index in [1.54, 1.807) is 12.1 Å². The van der Waals surface area contributed by atoms with Crippen LogP contribution >= 0.6 is 12.2 Å². The molecule has 0 spiro atoms. The van der Waals surface area contributed by atoms with E-state index >= 15 is 0 Å². The fourth-order valence-corrected chi connectivity index (χ4v) is 2.63. The Kier molecular flexibility index (Phi) is 4.47. The lowest BCUT2D eigenvalue weighted by Gasteiger charge is -2.10. The van der Waals surface area contributed by atoms with Crippen LogP contribution in [0.3, 0.4) is 0 Å². The summed E-state index contributed by atoms with van der Waals surface area (Å²) >= 11 is 4.84. The Bertz CT molecular complexity index is 472. The third-order valence-electron chi connectivity index (χ3n) is 3.64. The summed E-state index contributed by atoms with van der Waals surface area (Å²) in [6.07, 6.45) is 5.21. The molecule has 1 aliphatic carbocycles. The summed E-state index contributed by atoms with van der Waals surface area (Å²) in [6.45, 7) is 3.00. The number of aromatic nitrogens is 1. The van der Waals surface area contributed by atoms with Crippen molar-refractivity contribution in [1.82, 2.24) is 10.3 Å². The van der Waals surface area contributed by atoms with E-state index in [0.29, 0.717) is 22.2 Å². The van der Waals surface area contributed by atoms with Crippen molar-refractivity contribution in [3.63, 3.8) is 0 Å². The first-order valence-corrected chi connectivity index (χ1v) is 7.01. The van der Waals surface area contributed by atoms with Gasteiger partial charge in [-0.25, -0.2) is 0 Å². The summed E-state index contributed by atoms with van der Waals surface area (Å²) in [7, 11) is 0. The maximum atomic E-state index is 11.9. The molecule has 1 aliphatic rings. The minimum absolute atomic E-state index is 0.131. The van der Waals surface area contributed by atoms with E-state index in [-0.39, 0.29) is 5.91 Å². The number of hydrogen-bond donors (Lipinski definition) is 2. The second-order valence-corrected chi connectivity index (χ2v) is 5.73. The van der Waals surface area contributed by atoms with E-state index in [1.165, 1.54) is 25.5 Å². The van der Waals surface area contributed by atoms with Crippen LogP contribution in [0, 0.1) is 11.8 Å². The van der Waals surface area contributed by atoms with Crippen molar-refractivity contribution in [3.05, 3.63) is 29.6 Å². The number of carbonyl (C=O) groups excluding carboxylic acids is 1. The number of nitrogens with two attached hydrogens (primary N) is 1. The van der Waals surface area contributed by atoms with E-state index < -0.39 is 0 Å². The molecule has 2 atom stereocenters. The number of amides is 1. The highest BCUT2D eigenvalue weighted by molar-refractivity contribution is 7.80. The van der Waals surface area contributed by atoms with Gasteiger partial charge >= 0.3 is 0 Å². The summed E-state index contributed by atoms with van der Waals surface area (Å²) < 4.78 is 0. The smallest absolute Gasteiger partial charge is 0.269 e. The monoisotopic (exact) mass is 277 g/mol. The Hall–Kier alpha value is -1.49. The fourth-order valence-electron chi connectivity index (χ4n) is 2.51. The average molecular weight is 277 g/mol. The lowest BCUT2D eigenvalue weighted by molar-refractivity contribution is 0.0942. The molecule has 4 nitrogen and oxygen atoms in total. The summed E-state index contributed by atoms with van der Waals surface area (Å²) in [5.74, 6) is 1.26. The number of pyridine rings is 1. The van der Waals surface area contributed by atoms with Gasteiger partial charge in [-0.1, -0.05) is 25.6 Å². The lowest BCUT2D eigenvalue weighted by Crippen LogP contribution is -2.29. The average Bonchev–Trinajstić information content (AvgIpc) is 2.82. The third kappa shape index (κ3) is 3.73. The van der Waals surface area contributed by atoms with Gasteiger partial charge in [0.15, 0.2) is 0 Å². The number of nitrogens with one attached hydrogen (secondary N) is 1. The molecule has 1 heterocycles. The van der Waals surface area contributed by atoms with Gasteiger partial charge in [-0.3, -0.25) is 9.78 Å². The quantitative estimate of drug-likeness (QED) is 0.825. The van der Waals surface area contributed by atoms with Crippen LogP contribution in [-0.2, 0) is 0 Å². The van der Waals surface area contributed by atoms with Gasteiger partial charge in [-0.2, -0.15) is 0 Å². The summed E-state index contributed by atoms with van der Waals surface area (Å²) in [6, 6.07) is 3.38. The van der Waals surface area contributed by atoms with Crippen molar-refractivity contribution >= 4 is 23.1 Å². The molecule has 0 radical (unpaired) electrons. The second kappa shape index (κ2) is 6.10. The van der Waals surface area contributed by atoms with Crippen molar-refractivity contribution in [2.75, 3.05) is 6.54 Å². The third-order valence-corrected chi connectivity index (χ3v) is 3.87. The Labute approximate surface area is 118 Å². The van der Waals surface area contributed by atoms with E-state index in [4.69, 9.17) is 18.0 Å². The molecule has 1 saturated carbocycles. The first-order chi connectivity index (χ1) is 9.06. The molecule has 0 aromatic carbocycles. The Morgan fingerprint density at radius 2 is 2.32 bits per heavy atom. The van der Waals surface area contributed by atoms with Crippen LogP contribution < -0.4 is 11.1 Å². The van der Waals surface area contributed by atoms with Crippen LogP contribution in [0.5, 0.6) is 0 Å². The van der Waals surface area contributed by atoms with Crippen molar-refractivity contribution < 1.29 is 4.79 Å². The molecular weight excluding hydrogens is 258 g/mol. The number of nitrogens with zero attached hydrogens (tertiary/aromatic N) is 1. The van der Waals surface area contributed by atoms with Crippen molar-refractivity contribution in [2.45, 2.75) is 26.2 Å². The molecule has 0 bridgehead atoms. The van der Waals surface area contributed by atoms with E-state index in [1.807, 2.05) is 0 Å². The SMILES string of the molecule is CC1CCC(CNC(=O)c2ccc(C(N)=S)cn2)C1. The highest BCUT2D eigenvalue weighted by Gasteiger charge is 2.21. The molecule has 3 N–H and O–H groups in total. The van der Waals surface area contributed by atoms with E-state index in [2.05, 4.69) is 17.2 Å². The maximum Gasteiger partial charge on any atom is 0.269 e. The molecule has 5 heteroatoms. The maximum absolute atomic E-state index is 11.9. The largest absolute Gasteiger partial charge is 0.389 e. The van der Waals surface area contributed by atoms with Gasteiger partial charge in [0.1, 0.15) is 10.7 Å². The van der Waals surface area contributed by atoms with Crippen LogP contribution in [0.25, 0.3) is 0 Å². The molecule has 0 aliphatic heterocycles. The number of thiocarbonyl (C=S) groups is 1. The summed E-state index contributed by atoms with van der Waals surface area (Å²) in [5.41, 5.74) is 6.57. The zero-order valence-corrected chi connectivity index (χ0v) is 11.9. The van der Waals surface area contributed by atoms with Gasteiger partial charge in [-0.15, -0.1) is 0 Å². The molecule has 0 saturated heterocycles. The first-order valence-electron chi connectivity index (χ1n) is 6.60. The zero-order valence-electron chi connectivity index (χ0n) is 11.1. The standard InChI is InChI=1S/C14H19N3OS/c1-9-2-3-10(6-9)7-17-14(18)12-5-4-11(8-16-12)13(15)19/h4-5,8-10H,2-3,6-7H2,1H3,(H2,15,19)(H,17,18). The molecule has 1 fully saturated rings.